The maximum absolute atomic E-state index is 11.6. The molecular formula is C10H12N2O4. The number of rotatable bonds is 3. The van der Waals surface area contributed by atoms with Gasteiger partial charge in [-0.2, -0.15) is 0 Å². The molecule has 16 heavy (non-hydrogen) atoms. The smallest absolute Gasteiger partial charge is 0.353 e. The first-order valence-electron chi connectivity index (χ1n) is 5.08. The van der Waals surface area contributed by atoms with Crippen molar-refractivity contribution in [1.29, 1.82) is 0 Å². The number of amides is 1. The van der Waals surface area contributed by atoms with Crippen LogP contribution in [0.4, 0.5) is 0 Å². The van der Waals surface area contributed by atoms with Crippen LogP contribution < -0.4 is 5.32 Å². The largest absolute Gasteiger partial charge is 0.477 e. The number of nitrogens with one attached hydrogen (secondary N) is 1. The molecule has 1 aliphatic carbocycles. The van der Waals surface area contributed by atoms with Crippen LogP contribution in [0.5, 0.6) is 0 Å². The average molecular weight is 224 g/mol. The first-order chi connectivity index (χ1) is 7.66. The topological polar surface area (TPSA) is 88.0 Å². The van der Waals surface area contributed by atoms with Crippen LogP contribution >= 0.6 is 0 Å². The number of aliphatic carboxylic acids is 1. The van der Waals surface area contributed by atoms with Crippen LogP contribution in [-0.2, 0) is 14.4 Å². The monoisotopic (exact) mass is 224 g/mol. The van der Waals surface area contributed by atoms with E-state index < -0.39 is 12.1 Å². The van der Waals surface area contributed by atoms with Crippen LogP contribution in [0.25, 0.3) is 0 Å². The van der Waals surface area contributed by atoms with Gasteiger partial charge in [-0.05, 0) is 12.8 Å². The zero-order chi connectivity index (χ0) is 11.5. The Balaban J connectivity index is 1.82. The summed E-state index contributed by atoms with van der Waals surface area (Å²) in [7, 11) is 0. The van der Waals surface area contributed by atoms with Gasteiger partial charge in [0, 0.05) is 12.5 Å². The first kappa shape index (κ1) is 10.7. The van der Waals surface area contributed by atoms with E-state index in [0.717, 1.165) is 12.8 Å². The van der Waals surface area contributed by atoms with Crippen molar-refractivity contribution in [3.8, 4) is 0 Å². The van der Waals surface area contributed by atoms with Crippen molar-refractivity contribution in [3.05, 3.63) is 12.2 Å². The van der Waals surface area contributed by atoms with E-state index in [1.54, 1.807) is 0 Å². The van der Waals surface area contributed by atoms with Gasteiger partial charge in [-0.25, -0.2) is 4.79 Å². The minimum Gasteiger partial charge on any atom is -0.477 e. The van der Waals surface area contributed by atoms with Gasteiger partial charge in [-0.1, -0.05) is 17.3 Å². The lowest BCUT2D eigenvalue weighted by Crippen LogP contribution is -2.40. The summed E-state index contributed by atoms with van der Waals surface area (Å²) in [5, 5.41) is 14.8. The van der Waals surface area contributed by atoms with Crippen LogP contribution in [0.15, 0.2) is 17.3 Å². The standard InChI is InChI=1S/C10H12N2O4/c13-9(11-6-3-1-2-4-6)8-5-7(10(14)15)12-16-8/h1-2,6,8H,3-5H2,(H,11,13)(H,14,15). The number of hydrogen-bond donors (Lipinski definition) is 2. The lowest BCUT2D eigenvalue weighted by atomic mass is 10.1. The third-order valence-electron chi connectivity index (χ3n) is 2.56. The number of carboxylic acids is 1. The minimum atomic E-state index is -1.14. The van der Waals surface area contributed by atoms with E-state index in [2.05, 4.69) is 10.5 Å². The second kappa shape index (κ2) is 4.34. The molecule has 2 N–H and O–H groups in total. The molecule has 0 aromatic heterocycles. The molecule has 0 aromatic rings. The molecule has 0 saturated carbocycles. The quantitative estimate of drug-likeness (QED) is 0.663. The van der Waals surface area contributed by atoms with E-state index in [9.17, 15) is 9.59 Å². The predicted octanol–water partition coefficient (Wildman–Crippen LogP) is 0.0507. The Morgan fingerprint density at radius 2 is 2.12 bits per heavy atom. The highest BCUT2D eigenvalue weighted by atomic mass is 16.6. The van der Waals surface area contributed by atoms with Crippen molar-refractivity contribution in [1.82, 2.24) is 5.32 Å². The summed E-state index contributed by atoms with van der Waals surface area (Å²) in [6.45, 7) is 0. The Bertz CT molecular complexity index is 367. The van der Waals surface area contributed by atoms with Crippen molar-refractivity contribution in [2.45, 2.75) is 31.4 Å². The lowest BCUT2D eigenvalue weighted by Gasteiger charge is -2.14. The van der Waals surface area contributed by atoms with Gasteiger partial charge in [0.2, 0.25) is 6.10 Å². The van der Waals surface area contributed by atoms with Crippen LogP contribution in [0, 0.1) is 0 Å². The summed E-state index contributed by atoms with van der Waals surface area (Å²) >= 11 is 0. The van der Waals surface area contributed by atoms with Gasteiger partial charge in [0.05, 0.1) is 0 Å². The van der Waals surface area contributed by atoms with Gasteiger partial charge in [0.1, 0.15) is 0 Å². The zero-order valence-electron chi connectivity index (χ0n) is 8.55. The van der Waals surface area contributed by atoms with E-state index in [-0.39, 0.29) is 24.1 Å². The highest BCUT2D eigenvalue weighted by Gasteiger charge is 2.32. The summed E-state index contributed by atoms with van der Waals surface area (Å²) in [6.07, 6.45) is 4.85. The number of carboxylic acid groups (broad SMARTS) is 1. The molecule has 0 bridgehead atoms. The van der Waals surface area contributed by atoms with Gasteiger partial charge in [-0.15, -0.1) is 0 Å². The van der Waals surface area contributed by atoms with E-state index in [1.807, 2.05) is 12.2 Å². The third-order valence-corrected chi connectivity index (χ3v) is 2.56. The van der Waals surface area contributed by atoms with Crippen molar-refractivity contribution in [2.75, 3.05) is 0 Å². The fourth-order valence-corrected chi connectivity index (χ4v) is 1.67. The number of hydrogen-bond acceptors (Lipinski definition) is 4. The lowest BCUT2D eigenvalue weighted by molar-refractivity contribution is -0.131. The molecule has 0 radical (unpaired) electrons. The fourth-order valence-electron chi connectivity index (χ4n) is 1.67. The average Bonchev–Trinajstić information content (AvgIpc) is 2.86. The Labute approximate surface area is 92.0 Å². The fraction of sp³-hybridized carbons (Fsp3) is 0.500. The summed E-state index contributed by atoms with van der Waals surface area (Å²) in [5.74, 6) is -1.44. The van der Waals surface area contributed by atoms with Crippen molar-refractivity contribution in [2.24, 2.45) is 5.16 Å². The molecule has 0 fully saturated rings. The van der Waals surface area contributed by atoms with Gasteiger partial charge in [0.15, 0.2) is 5.71 Å². The number of oxime groups is 1. The van der Waals surface area contributed by atoms with Gasteiger partial charge >= 0.3 is 5.97 Å². The number of carbonyl (C=O) groups excluding carboxylic acids is 1. The molecule has 0 aromatic carbocycles. The van der Waals surface area contributed by atoms with E-state index >= 15 is 0 Å². The third kappa shape index (κ3) is 2.21. The Morgan fingerprint density at radius 3 is 2.69 bits per heavy atom. The molecule has 6 nitrogen and oxygen atoms in total. The number of carbonyl (C=O) groups is 2. The normalized spacial score (nSPS) is 24.0. The molecule has 1 amide bonds. The molecule has 1 heterocycles. The Kier molecular flexibility index (Phi) is 2.89. The molecule has 1 unspecified atom stereocenters. The molecular weight excluding hydrogens is 212 g/mol. The van der Waals surface area contributed by atoms with Crippen LogP contribution in [-0.4, -0.2) is 34.8 Å². The molecule has 0 saturated heterocycles. The molecule has 86 valence electrons. The molecule has 2 aliphatic rings. The molecule has 2 rings (SSSR count). The number of nitrogens with zero attached hydrogens (tertiary/aromatic N) is 1. The van der Waals surface area contributed by atoms with Gasteiger partial charge < -0.3 is 15.3 Å². The van der Waals surface area contributed by atoms with Crippen molar-refractivity contribution >= 4 is 17.6 Å². The maximum atomic E-state index is 11.6. The van der Waals surface area contributed by atoms with E-state index in [4.69, 9.17) is 9.94 Å². The van der Waals surface area contributed by atoms with E-state index in [0.29, 0.717) is 0 Å². The minimum absolute atomic E-state index is 0.0291. The highest BCUT2D eigenvalue weighted by molar-refractivity contribution is 6.36. The van der Waals surface area contributed by atoms with Gasteiger partial charge in [0.25, 0.3) is 5.91 Å². The first-order valence-corrected chi connectivity index (χ1v) is 5.08. The highest BCUT2D eigenvalue weighted by Crippen LogP contribution is 2.14. The Hall–Kier alpha value is -1.85. The second-order valence-corrected chi connectivity index (χ2v) is 3.79. The summed E-state index contributed by atoms with van der Waals surface area (Å²) < 4.78 is 0. The van der Waals surface area contributed by atoms with E-state index in [1.165, 1.54) is 0 Å². The summed E-state index contributed by atoms with van der Waals surface area (Å²) in [4.78, 5) is 27.0. The van der Waals surface area contributed by atoms with Crippen LogP contribution in [0.3, 0.4) is 0 Å². The van der Waals surface area contributed by atoms with Crippen molar-refractivity contribution < 1.29 is 19.5 Å². The SMILES string of the molecule is O=C(O)C1=NOC(C(=O)NC2CC=CC2)C1. The molecule has 1 atom stereocenters. The summed E-state index contributed by atoms with van der Waals surface area (Å²) in [5.41, 5.74) is -0.107. The maximum Gasteiger partial charge on any atom is 0.353 e. The van der Waals surface area contributed by atoms with Crippen LogP contribution in [0.2, 0.25) is 0 Å². The molecule has 0 spiro atoms. The van der Waals surface area contributed by atoms with Gasteiger partial charge in [-0.3, -0.25) is 4.79 Å². The van der Waals surface area contributed by atoms with Crippen molar-refractivity contribution in [3.63, 3.8) is 0 Å². The second-order valence-electron chi connectivity index (χ2n) is 3.79. The Morgan fingerprint density at radius 1 is 1.44 bits per heavy atom. The zero-order valence-corrected chi connectivity index (χ0v) is 8.55. The summed E-state index contributed by atoms with van der Waals surface area (Å²) in [6, 6.07) is 0.102. The van der Waals surface area contributed by atoms with Crippen LogP contribution in [0.1, 0.15) is 19.3 Å². The molecule has 1 aliphatic heterocycles. The predicted molar refractivity (Wildman–Crippen MR) is 54.9 cm³/mol. The molecule has 6 heteroatoms.